The summed E-state index contributed by atoms with van der Waals surface area (Å²) in [6, 6.07) is 0. The van der Waals surface area contributed by atoms with Crippen LogP contribution in [0.5, 0.6) is 0 Å². The summed E-state index contributed by atoms with van der Waals surface area (Å²) in [5.74, 6) is -0.358. The second-order valence-electron chi connectivity index (χ2n) is 7.36. The van der Waals surface area contributed by atoms with Crippen LogP contribution in [-0.4, -0.2) is 81.4 Å². The van der Waals surface area contributed by atoms with Gasteiger partial charge in [-0.05, 0) is 47.7 Å². The highest BCUT2D eigenvalue weighted by atomic mass is 32.2. The van der Waals surface area contributed by atoms with Gasteiger partial charge in [0.1, 0.15) is 12.7 Å². The van der Waals surface area contributed by atoms with E-state index in [0.29, 0.717) is 6.42 Å². The van der Waals surface area contributed by atoms with E-state index in [1.54, 1.807) is 19.0 Å². The minimum Gasteiger partial charge on any atom is -0.462 e. The molecule has 0 aliphatic carbocycles. The third-order valence-corrected chi connectivity index (χ3v) is 5.63. The van der Waals surface area contributed by atoms with E-state index >= 15 is 0 Å². The van der Waals surface area contributed by atoms with Crippen LogP contribution in [0.3, 0.4) is 0 Å². The number of ether oxygens (including phenoxy) is 2. The Bertz CT molecular complexity index is 505. The topological polar surface area (TPSA) is 76.2 Å². The molecule has 0 radical (unpaired) electrons. The van der Waals surface area contributed by atoms with Crippen LogP contribution < -0.4 is 0 Å². The van der Waals surface area contributed by atoms with E-state index in [1.807, 2.05) is 34.6 Å². The number of carbonyl (C=O) groups excluding carboxylic acids is 1. The van der Waals surface area contributed by atoms with Crippen molar-refractivity contribution in [3.8, 4) is 0 Å². The highest BCUT2D eigenvalue weighted by molar-refractivity contribution is 7.88. The summed E-state index contributed by atoms with van der Waals surface area (Å²) >= 11 is 0. The lowest BCUT2D eigenvalue weighted by Crippen LogP contribution is -2.51. The third kappa shape index (κ3) is 9.53. The average molecular weight is 381 g/mol. The van der Waals surface area contributed by atoms with Gasteiger partial charge in [-0.25, -0.2) is 8.42 Å². The van der Waals surface area contributed by atoms with E-state index in [0.717, 1.165) is 6.42 Å². The van der Waals surface area contributed by atoms with Gasteiger partial charge in [-0.15, -0.1) is 0 Å². The molecular formula is C17H36N2O5S. The Morgan fingerprint density at radius 3 is 2.16 bits per heavy atom. The molecule has 0 rings (SSSR count). The fourth-order valence-corrected chi connectivity index (χ4v) is 3.71. The van der Waals surface area contributed by atoms with Crippen LogP contribution in [0.2, 0.25) is 0 Å². The van der Waals surface area contributed by atoms with Crippen molar-refractivity contribution in [2.45, 2.75) is 65.2 Å². The van der Waals surface area contributed by atoms with Gasteiger partial charge in [0.25, 0.3) is 0 Å². The maximum atomic E-state index is 12.3. The summed E-state index contributed by atoms with van der Waals surface area (Å²) in [5.41, 5.74) is -0.543. The maximum absolute atomic E-state index is 12.3. The van der Waals surface area contributed by atoms with E-state index in [2.05, 4.69) is 0 Å². The van der Waals surface area contributed by atoms with E-state index < -0.39 is 21.7 Å². The third-order valence-electron chi connectivity index (χ3n) is 4.19. The monoisotopic (exact) mass is 380 g/mol. The van der Waals surface area contributed by atoms with Gasteiger partial charge in [-0.1, -0.05) is 13.8 Å². The van der Waals surface area contributed by atoms with E-state index in [-0.39, 0.29) is 31.8 Å². The highest BCUT2D eigenvalue weighted by Crippen LogP contribution is 2.23. The molecule has 0 heterocycles. The Labute approximate surface area is 153 Å². The molecule has 0 bridgehead atoms. The van der Waals surface area contributed by atoms with Crippen molar-refractivity contribution in [3.63, 3.8) is 0 Å². The fraction of sp³-hybridized carbons (Fsp3) is 0.941. The highest BCUT2D eigenvalue weighted by Gasteiger charge is 2.35. The first kappa shape index (κ1) is 24.3. The lowest BCUT2D eigenvalue weighted by molar-refractivity contribution is -0.150. The predicted molar refractivity (Wildman–Crippen MR) is 100 cm³/mol. The molecule has 0 aliphatic heterocycles. The molecule has 0 spiro atoms. The van der Waals surface area contributed by atoms with Gasteiger partial charge in [-0.2, -0.15) is 4.31 Å². The van der Waals surface area contributed by atoms with Crippen LogP contribution in [0.1, 0.15) is 47.5 Å². The van der Waals surface area contributed by atoms with Crippen molar-refractivity contribution < 1.29 is 22.7 Å². The van der Waals surface area contributed by atoms with Crippen LogP contribution in [0.25, 0.3) is 0 Å². The summed E-state index contributed by atoms with van der Waals surface area (Å²) in [4.78, 5) is 13.5. The molecule has 0 unspecified atom stereocenters. The number of esters is 1. The van der Waals surface area contributed by atoms with Gasteiger partial charge in [0, 0.05) is 12.1 Å². The van der Waals surface area contributed by atoms with Gasteiger partial charge >= 0.3 is 5.97 Å². The van der Waals surface area contributed by atoms with Crippen LogP contribution in [0.15, 0.2) is 0 Å². The number of nitrogens with zero attached hydrogens (tertiary/aromatic N) is 2. The number of hydrogen-bond donors (Lipinski definition) is 0. The molecule has 0 fully saturated rings. The van der Waals surface area contributed by atoms with E-state index in [1.165, 1.54) is 10.6 Å². The van der Waals surface area contributed by atoms with Crippen LogP contribution >= 0.6 is 0 Å². The number of hydrogen-bond acceptors (Lipinski definition) is 6. The molecule has 7 nitrogen and oxygen atoms in total. The molecule has 8 heteroatoms. The number of rotatable bonds is 12. The largest absolute Gasteiger partial charge is 0.462 e. The number of sulfonamides is 1. The second kappa shape index (κ2) is 10.4. The zero-order valence-electron chi connectivity index (χ0n) is 17.0. The smallest absolute Gasteiger partial charge is 0.320 e. The van der Waals surface area contributed by atoms with Crippen molar-refractivity contribution in [1.29, 1.82) is 0 Å². The SMILES string of the molecule is CC[C@H](C)O[C@H](COC(=O)CN(C)C)CN(C(C)(C)CC)S(C)(=O)=O. The number of carbonyl (C=O) groups is 1. The van der Waals surface area contributed by atoms with Gasteiger partial charge in [0.05, 0.1) is 18.9 Å². The lowest BCUT2D eigenvalue weighted by atomic mass is 10.0. The molecule has 2 atom stereocenters. The molecule has 0 saturated heterocycles. The summed E-state index contributed by atoms with van der Waals surface area (Å²) in [5, 5.41) is 0. The molecule has 0 aromatic carbocycles. The molecule has 0 amide bonds. The molecule has 150 valence electrons. The Morgan fingerprint density at radius 2 is 1.76 bits per heavy atom. The molecule has 0 saturated carbocycles. The first-order valence-electron chi connectivity index (χ1n) is 8.77. The summed E-state index contributed by atoms with van der Waals surface area (Å²) < 4.78 is 37.2. The molecule has 0 aliphatic rings. The average Bonchev–Trinajstić information content (AvgIpc) is 2.47. The quantitative estimate of drug-likeness (QED) is 0.480. The van der Waals surface area contributed by atoms with Crippen molar-refractivity contribution in [2.75, 3.05) is 40.0 Å². The maximum Gasteiger partial charge on any atom is 0.320 e. The summed E-state index contributed by atoms with van der Waals surface area (Å²) in [6.07, 6.45) is 2.09. The second-order valence-corrected chi connectivity index (χ2v) is 9.26. The fourth-order valence-electron chi connectivity index (χ4n) is 2.24. The van der Waals surface area contributed by atoms with E-state index in [9.17, 15) is 13.2 Å². The van der Waals surface area contributed by atoms with Gasteiger partial charge in [-0.3, -0.25) is 9.69 Å². The van der Waals surface area contributed by atoms with Gasteiger partial charge in [0.15, 0.2) is 0 Å². The van der Waals surface area contributed by atoms with Gasteiger partial charge in [0.2, 0.25) is 10.0 Å². The van der Waals surface area contributed by atoms with Crippen LogP contribution in [0.4, 0.5) is 0 Å². The van der Waals surface area contributed by atoms with E-state index in [4.69, 9.17) is 9.47 Å². The minimum absolute atomic E-state index is 0.0306. The Balaban J connectivity index is 5.21. The Hall–Kier alpha value is -0.700. The Kier molecular flexibility index (Phi) is 10.2. The molecule has 0 aromatic heterocycles. The zero-order valence-corrected chi connectivity index (χ0v) is 17.9. The van der Waals surface area contributed by atoms with Crippen molar-refractivity contribution >= 4 is 16.0 Å². The molecule has 25 heavy (non-hydrogen) atoms. The minimum atomic E-state index is -3.43. The number of likely N-dealkylation sites (N-methyl/N-ethyl adjacent to an activating group) is 1. The summed E-state index contributed by atoms with van der Waals surface area (Å²) in [7, 11) is 0.137. The van der Waals surface area contributed by atoms with Crippen molar-refractivity contribution in [1.82, 2.24) is 9.21 Å². The normalized spacial score (nSPS) is 15.4. The van der Waals surface area contributed by atoms with Crippen LogP contribution in [0, 0.1) is 0 Å². The summed E-state index contributed by atoms with van der Waals surface area (Å²) in [6.45, 7) is 9.97. The molecular weight excluding hydrogens is 344 g/mol. The first-order chi connectivity index (χ1) is 11.3. The molecule has 0 N–H and O–H groups in total. The Morgan fingerprint density at radius 1 is 1.20 bits per heavy atom. The lowest BCUT2D eigenvalue weighted by Gasteiger charge is -2.38. The standard InChI is InChI=1S/C17H36N2O5S/c1-9-14(3)24-15(13-23-16(20)12-18(6)7)11-19(25(8,21)22)17(4,5)10-2/h14-15H,9-13H2,1-8H3/t14-,15-/m0/s1. The van der Waals surface area contributed by atoms with Gasteiger partial charge < -0.3 is 9.47 Å². The predicted octanol–water partition coefficient (Wildman–Crippen LogP) is 1.73. The van der Waals surface area contributed by atoms with Crippen molar-refractivity contribution in [2.24, 2.45) is 0 Å². The zero-order chi connectivity index (χ0) is 19.8. The molecule has 0 aromatic rings. The first-order valence-corrected chi connectivity index (χ1v) is 10.6. The van der Waals surface area contributed by atoms with Crippen LogP contribution in [-0.2, 0) is 24.3 Å². The van der Waals surface area contributed by atoms with Crippen molar-refractivity contribution in [3.05, 3.63) is 0 Å².